The van der Waals surface area contributed by atoms with E-state index in [0.717, 1.165) is 4.31 Å². The largest absolute Gasteiger partial charge is 0.459 e. The molecule has 192 valence electrons. The van der Waals surface area contributed by atoms with E-state index in [4.69, 9.17) is 33.0 Å². The molecule has 36 heavy (non-hydrogen) atoms. The second kappa shape index (κ2) is 11.2. The van der Waals surface area contributed by atoms with Crippen LogP contribution in [0, 0.1) is 0 Å². The Hall–Kier alpha value is -2.65. The summed E-state index contributed by atoms with van der Waals surface area (Å²) < 4.78 is 33.7. The van der Waals surface area contributed by atoms with Gasteiger partial charge in [-0.05, 0) is 68.3 Å². The summed E-state index contributed by atoms with van der Waals surface area (Å²) in [4.78, 5) is 25.2. The highest BCUT2D eigenvalue weighted by Crippen LogP contribution is 2.31. The third kappa shape index (κ3) is 6.76. The van der Waals surface area contributed by atoms with Crippen molar-refractivity contribution < 1.29 is 27.9 Å². The number of halogens is 2. The van der Waals surface area contributed by atoms with Crippen LogP contribution in [0.15, 0.2) is 59.5 Å². The molecule has 0 aliphatic heterocycles. The number of aliphatic hydroxyl groups excluding tert-OH is 1. The van der Waals surface area contributed by atoms with Crippen molar-refractivity contribution in [3.8, 4) is 0 Å². The molecule has 3 rings (SSSR count). The highest BCUT2D eigenvalue weighted by molar-refractivity contribution is 7.92. The summed E-state index contributed by atoms with van der Waals surface area (Å²) in [7, 11) is -4.29. The molecule has 0 saturated heterocycles. The fourth-order valence-electron chi connectivity index (χ4n) is 3.65. The van der Waals surface area contributed by atoms with E-state index in [2.05, 4.69) is 0 Å². The topological polar surface area (TPSA) is 101 Å². The van der Waals surface area contributed by atoms with Crippen molar-refractivity contribution in [1.82, 2.24) is 0 Å². The Kier molecular flexibility index (Phi) is 8.67. The van der Waals surface area contributed by atoms with Gasteiger partial charge in [-0.1, -0.05) is 47.5 Å². The van der Waals surface area contributed by atoms with Crippen LogP contribution in [0.4, 0.5) is 5.69 Å². The molecule has 0 saturated carbocycles. The van der Waals surface area contributed by atoms with Gasteiger partial charge in [0.05, 0.1) is 10.6 Å². The third-order valence-corrected chi connectivity index (χ3v) is 7.32. The first-order valence-corrected chi connectivity index (χ1v) is 13.4. The maximum atomic E-state index is 13.7. The molecule has 0 amide bonds. The van der Waals surface area contributed by atoms with E-state index < -0.39 is 28.1 Å². The van der Waals surface area contributed by atoms with Crippen LogP contribution in [-0.2, 0) is 19.6 Å². The number of carbonyl (C=O) groups excluding carboxylic acids is 2. The summed E-state index contributed by atoms with van der Waals surface area (Å²) in [5.41, 5.74) is -0.154. The minimum absolute atomic E-state index is 0.0916. The maximum Gasteiger partial charge on any atom is 0.327 e. The number of aliphatic hydroxyl groups is 1. The summed E-state index contributed by atoms with van der Waals surface area (Å²) in [5.74, 6) is -0.874. The van der Waals surface area contributed by atoms with Gasteiger partial charge in [0, 0.05) is 28.6 Å². The zero-order valence-electron chi connectivity index (χ0n) is 20.1. The van der Waals surface area contributed by atoms with Crippen LogP contribution < -0.4 is 4.31 Å². The van der Waals surface area contributed by atoms with Crippen LogP contribution >= 0.6 is 23.2 Å². The van der Waals surface area contributed by atoms with Crippen LogP contribution in [-0.4, -0.2) is 44.0 Å². The molecule has 3 aromatic carbocycles. The van der Waals surface area contributed by atoms with Crippen LogP contribution in [0.2, 0.25) is 10.0 Å². The Morgan fingerprint density at radius 3 is 2.28 bits per heavy atom. The molecule has 1 N–H and O–H groups in total. The highest BCUT2D eigenvalue weighted by Gasteiger charge is 2.30. The molecule has 0 unspecified atom stereocenters. The standard InChI is InChI=1S/C26H27Cl2NO6S/c1-26(2,3)35-25(32)16-29(36(33,34)21-14-18(27)13-19(28)15-21)20-9-10-22-17(12-20)6-4-7-23(22)24(31)8-5-11-30/h4,6-7,9-10,12-15,30H,5,8,11,16H2,1-3H3. The van der Waals surface area contributed by atoms with Crippen LogP contribution in [0.1, 0.15) is 44.0 Å². The van der Waals surface area contributed by atoms with E-state index in [1.807, 2.05) is 0 Å². The lowest BCUT2D eigenvalue weighted by Gasteiger charge is -2.27. The Balaban J connectivity index is 2.12. The van der Waals surface area contributed by atoms with Gasteiger partial charge in [-0.15, -0.1) is 0 Å². The van der Waals surface area contributed by atoms with Crippen LogP contribution in [0.25, 0.3) is 10.8 Å². The smallest absolute Gasteiger partial charge is 0.327 e. The summed E-state index contributed by atoms with van der Waals surface area (Å²) in [6.07, 6.45) is 0.531. The molecular weight excluding hydrogens is 525 g/mol. The number of rotatable bonds is 9. The van der Waals surface area contributed by atoms with Crippen molar-refractivity contribution in [2.24, 2.45) is 0 Å². The van der Waals surface area contributed by atoms with E-state index in [1.165, 1.54) is 24.3 Å². The maximum absolute atomic E-state index is 13.7. The van der Waals surface area contributed by atoms with Gasteiger partial charge in [0.25, 0.3) is 10.0 Å². The fourth-order valence-corrected chi connectivity index (χ4v) is 5.78. The summed E-state index contributed by atoms with van der Waals surface area (Å²) in [6.45, 7) is 4.37. The predicted octanol–water partition coefficient (Wildman–Crippen LogP) is 5.64. The molecule has 0 atom stereocenters. The molecule has 0 radical (unpaired) electrons. The average molecular weight is 552 g/mol. The Morgan fingerprint density at radius 2 is 1.67 bits per heavy atom. The van der Waals surface area contributed by atoms with Gasteiger partial charge in [-0.3, -0.25) is 13.9 Å². The van der Waals surface area contributed by atoms with Gasteiger partial charge in [0.15, 0.2) is 5.78 Å². The summed E-state index contributed by atoms with van der Waals surface area (Å²) in [5, 5.41) is 10.5. The van der Waals surface area contributed by atoms with Crippen molar-refractivity contribution in [3.63, 3.8) is 0 Å². The lowest BCUT2D eigenvalue weighted by Crippen LogP contribution is -2.39. The van der Waals surface area contributed by atoms with Crippen LogP contribution in [0.3, 0.4) is 0 Å². The van der Waals surface area contributed by atoms with Gasteiger partial charge < -0.3 is 9.84 Å². The van der Waals surface area contributed by atoms with E-state index in [0.29, 0.717) is 22.8 Å². The van der Waals surface area contributed by atoms with Crippen LogP contribution in [0.5, 0.6) is 0 Å². The number of esters is 1. The Labute approximate surface area is 220 Å². The molecule has 7 nitrogen and oxygen atoms in total. The SMILES string of the molecule is CC(C)(C)OC(=O)CN(c1ccc2c(C(=O)CCCO)cccc2c1)S(=O)(=O)c1cc(Cl)cc(Cl)c1. The van der Waals surface area contributed by atoms with Crippen molar-refractivity contribution in [3.05, 3.63) is 70.2 Å². The molecule has 0 fully saturated rings. The van der Waals surface area contributed by atoms with E-state index in [-0.39, 0.29) is 39.4 Å². The average Bonchev–Trinajstić information content (AvgIpc) is 2.78. The minimum atomic E-state index is -4.29. The molecule has 10 heteroatoms. The van der Waals surface area contributed by atoms with Gasteiger partial charge in [-0.25, -0.2) is 8.42 Å². The van der Waals surface area contributed by atoms with Crippen molar-refractivity contribution in [2.45, 2.75) is 44.1 Å². The number of Topliss-reactive ketones (excluding diaryl/α,β-unsaturated/α-hetero) is 1. The number of ketones is 1. The molecule has 0 bridgehead atoms. The fraction of sp³-hybridized carbons (Fsp3) is 0.308. The molecule has 0 heterocycles. The first-order chi connectivity index (χ1) is 16.8. The Bertz CT molecular complexity index is 1380. The molecule has 0 aromatic heterocycles. The lowest BCUT2D eigenvalue weighted by molar-refractivity contribution is -0.152. The zero-order chi connectivity index (χ0) is 26.7. The van der Waals surface area contributed by atoms with Gasteiger partial charge in [0.1, 0.15) is 12.1 Å². The number of sulfonamides is 1. The van der Waals surface area contributed by atoms with Crippen molar-refractivity contribution in [2.75, 3.05) is 17.5 Å². The zero-order valence-corrected chi connectivity index (χ0v) is 22.5. The monoisotopic (exact) mass is 551 g/mol. The van der Waals surface area contributed by atoms with Crippen molar-refractivity contribution in [1.29, 1.82) is 0 Å². The number of benzene rings is 3. The van der Waals surface area contributed by atoms with E-state index in [9.17, 15) is 18.0 Å². The number of carbonyl (C=O) groups is 2. The van der Waals surface area contributed by atoms with E-state index >= 15 is 0 Å². The van der Waals surface area contributed by atoms with Crippen molar-refractivity contribution >= 4 is 61.4 Å². The first-order valence-electron chi connectivity index (χ1n) is 11.2. The second-order valence-corrected chi connectivity index (χ2v) is 11.9. The summed E-state index contributed by atoms with van der Waals surface area (Å²) >= 11 is 12.1. The first kappa shape index (κ1) is 27.9. The number of hydrogen-bond acceptors (Lipinski definition) is 6. The Morgan fingerprint density at radius 1 is 1.00 bits per heavy atom. The van der Waals surface area contributed by atoms with Gasteiger partial charge in [-0.2, -0.15) is 0 Å². The molecule has 3 aromatic rings. The molecule has 0 spiro atoms. The van der Waals surface area contributed by atoms with Gasteiger partial charge >= 0.3 is 5.97 Å². The highest BCUT2D eigenvalue weighted by atomic mass is 35.5. The number of ether oxygens (including phenoxy) is 1. The molecule has 0 aliphatic carbocycles. The lowest BCUT2D eigenvalue weighted by atomic mass is 9.98. The van der Waals surface area contributed by atoms with E-state index in [1.54, 1.807) is 51.1 Å². The van der Waals surface area contributed by atoms with Gasteiger partial charge in [0.2, 0.25) is 0 Å². The number of hydrogen-bond donors (Lipinski definition) is 1. The predicted molar refractivity (Wildman–Crippen MR) is 141 cm³/mol. The summed E-state index contributed by atoms with van der Waals surface area (Å²) in [6, 6.07) is 13.8. The second-order valence-electron chi connectivity index (χ2n) is 9.16. The minimum Gasteiger partial charge on any atom is -0.459 e. The quantitative estimate of drug-likeness (QED) is 0.273. The number of anilines is 1. The number of fused-ring (bicyclic) bond motifs is 1. The molecule has 0 aliphatic rings. The normalized spacial score (nSPS) is 11.9. The third-order valence-electron chi connectivity index (χ3n) is 5.13. The molecular formula is C26H27Cl2NO6S. The number of nitrogens with zero attached hydrogens (tertiary/aromatic N) is 1.